The van der Waals surface area contributed by atoms with E-state index in [1.54, 1.807) is 26.2 Å². The minimum Gasteiger partial charge on any atom is -0.374 e. The Kier molecular flexibility index (Phi) is 6.58. The molecule has 1 N–H and O–H groups in total. The van der Waals surface area contributed by atoms with Crippen LogP contribution in [0.1, 0.15) is 24.4 Å². The highest BCUT2D eigenvalue weighted by atomic mass is 32.2. The molecule has 11 nitrogen and oxygen atoms in total. The van der Waals surface area contributed by atoms with Crippen molar-refractivity contribution in [1.29, 1.82) is 0 Å². The van der Waals surface area contributed by atoms with Crippen molar-refractivity contribution in [3.63, 3.8) is 0 Å². The number of aromatic nitrogens is 7. The second-order valence-electron chi connectivity index (χ2n) is 7.72. The van der Waals surface area contributed by atoms with Gasteiger partial charge in [0.2, 0.25) is 16.0 Å². The Bertz CT molecular complexity index is 1430. The normalized spacial score (nSPS) is 13.5. The quantitative estimate of drug-likeness (QED) is 0.388. The molecule has 0 amide bonds. The Hall–Kier alpha value is -3.78. The average Bonchev–Trinajstić information content (AvgIpc) is 3.41. The van der Waals surface area contributed by atoms with Gasteiger partial charge in [-0.3, -0.25) is 23.9 Å². The van der Waals surface area contributed by atoms with E-state index in [0.717, 1.165) is 16.7 Å². The number of nitrogens with one attached hydrogen (secondary N) is 1. The second-order valence-corrected chi connectivity index (χ2v) is 9.76. The highest BCUT2D eigenvalue weighted by Crippen LogP contribution is 2.30. The van der Waals surface area contributed by atoms with Crippen molar-refractivity contribution in [2.75, 3.05) is 11.8 Å². The lowest BCUT2D eigenvalue weighted by atomic mass is 10.2. The molecule has 0 radical (unpaired) electrons. The molecule has 0 spiro atoms. The number of aryl methyl sites for hydroxylation is 2. The van der Waals surface area contributed by atoms with E-state index in [1.165, 1.54) is 37.2 Å². The van der Waals surface area contributed by atoms with Crippen LogP contribution in [0.3, 0.4) is 0 Å². The summed E-state index contributed by atoms with van der Waals surface area (Å²) in [6.45, 7) is 3.15. The summed E-state index contributed by atoms with van der Waals surface area (Å²) >= 11 is 0. The highest BCUT2D eigenvalue weighted by molar-refractivity contribution is 7.93. The van der Waals surface area contributed by atoms with E-state index in [0.29, 0.717) is 11.4 Å². The number of anilines is 1. The summed E-state index contributed by atoms with van der Waals surface area (Å²) in [6.07, 6.45) is 3.53. The molecule has 4 aromatic rings. The third-order valence-corrected chi connectivity index (χ3v) is 6.96. The third kappa shape index (κ3) is 4.74. The van der Waals surface area contributed by atoms with Gasteiger partial charge in [-0.2, -0.15) is 5.10 Å². The summed E-state index contributed by atoms with van der Waals surface area (Å²) in [4.78, 5) is 8.33. The van der Waals surface area contributed by atoms with Crippen LogP contribution in [0.15, 0.2) is 42.9 Å². The van der Waals surface area contributed by atoms with Crippen molar-refractivity contribution < 1.29 is 21.9 Å². The predicted octanol–water partition coefficient (Wildman–Crippen LogP) is 2.56. The number of halogens is 2. The summed E-state index contributed by atoms with van der Waals surface area (Å²) in [7, 11) is -1.25. The molecule has 0 fully saturated rings. The number of methoxy groups -OCH3 is 1. The van der Waals surface area contributed by atoms with Crippen molar-refractivity contribution in [2.45, 2.75) is 25.2 Å². The number of rotatable bonds is 8. The molecule has 14 heteroatoms. The van der Waals surface area contributed by atoms with Crippen LogP contribution in [0.5, 0.6) is 0 Å². The first-order valence-corrected chi connectivity index (χ1v) is 11.9. The maximum absolute atomic E-state index is 14.8. The van der Waals surface area contributed by atoms with Crippen molar-refractivity contribution in [2.24, 2.45) is 7.05 Å². The summed E-state index contributed by atoms with van der Waals surface area (Å²) in [5.74, 6) is -2.38. The van der Waals surface area contributed by atoms with Crippen LogP contribution in [0.4, 0.5) is 14.7 Å². The van der Waals surface area contributed by atoms with E-state index in [4.69, 9.17) is 4.74 Å². The van der Waals surface area contributed by atoms with Crippen molar-refractivity contribution in [3.05, 3.63) is 65.9 Å². The number of benzene rings is 1. The molecule has 3 aromatic heterocycles. The first-order valence-electron chi connectivity index (χ1n) is 10.3. The smallest absolute Gasteiger partial charge is 0.243 e. The molecule has 35 heavy (non-hydrogen) atoms. The predicted molar refractivity (Wildman–Crippen MR) is 122 cm³/mol. The molecule has 0 bridgehead atoms. The van der Waals surface area contributed by atoms with Crippen molar-refractivity contribution in [1.82, 2.24) is 34.5 Å². The Labute approximate surface area is 199 Å². The Morgan fingerprint density at radius 3 is 2.37 bits per heavy atom. The van der Waals surface area contributed by atoms with Crippen LogP contribution in [0.25, 0.3) is 17.2 Å². The fraction of sp³-hybridized carbons (Fsp3) is 0.286. The van der Waals surface area contributed by atoms with Gasteiger partial charge in [-0.15, -0.1) is 10.2 Å². The van der Waals surface area contributed by atoms with E-state index in [-0.39, 0.29) is 11.5 Å². The molecular formula is C21H22F2N8O3S. The van der Waals surface area contributed by atoms with Gasteiger partial charge in [-0.25, -0.2) is 17.2 Å². The van der Waals surface area contributed by atoms with Crippen LogP contribution in [0, 0.1) is 18.6 Å². The average molecular weight is 505 g/mol. The van der Waals surface area contributed by atoms with E-state index >= 15 is 0 Å². The Morgan fingerprint density at radius 2 is 1.80 bits per heavy atom. The molecule has 2 atom stereocenters. The van der Waals surface area contributed by atoms with Gasteiger partial charge >= 0.3 is 0 Å². The van der Waals surface area contributed by atoms with Gasteiger partial charge in [0.25, 0.3) is 0 Å². The number of sulfonamides is 1. The van der Waals surface area contributed by atoms with Crippen molar-refractivity contribution in [3.8, 4) is 17.2 Å². The molecule has 0 aliphatic heterocycles. The largest absolute Gasteiger partial charge is 0.374 e. The molecule has 0 aliphatic carbocycles. The summed E-state index contributed by atoms with van der Waals surface area (Å²) in [5.41, 5.74) is 0.619. The van der Waals surface area contributed by atoms with Gasteiger partial charge < -0.3 is 4.74 Å². The molecule has 0 saturated heterocycles. The van der Waals surface area contributed by atoms with Crippen LogP contribution < -0.4 is 4.72 Å². The fourth-order valence-corrected chi connectivity index (χ4v) is 4.60. The van der Waals surface area contributed by atoms with E-state index in [2.05, 4.69) is 30.0 Å². The number of para-hydroxylation sites is 1. The molecule has 184 valence electrons. The summed E-state index contributed by atoms with van der Waals surface area (Å²) in [5, 5.41) is 10.8. The lowest BCUT2D eigenvalue weighted by Gasteiger charge is -2.22. The number of nitrogens with zero attached hydrogens (tertiary/aromatic N) is 7. The van der Waals surface area contributed by atoms with Gasteiger partial charge in [0.05, 0.1) is 17.6 Å². The van der Waals surface area contributed by atoms with Crippen molar-refractivity contribution >= 4 is 16.0 Å². The van der Waals surface area contributed by atoms with E-state index < -0.39 is 44.6 Å². The van der Waals surface area contributed by atoms with Crippen LogP contribution in [-0.4, -0.2) is 55.3 Å². The molecule has 0 unspecified atom stereocenters. The number of hydrogen-bond acceptors (Lipinski definition) is 8. The zero-order valence-electron chi connectivity index (χ0n) is 19.2. The minimum absolute atomic E-state index is 0.0624. The topological polar surface area (TPSA) is 130 Å². The lowest BCUT2D eigenvalue weighted by molar-refractivity contribution is 0.0985. The lowest BCUT2D eigenvalue weighted by Crippen LogP contribution is -2.33. The SMILES string of the molecule is CO[C@H](c1cnc(C)cn1)[C@H](C)S(=O)(=O)Nc1nnc(-c2ccn(C)n2)n1-c1c(F)cccc1F. The zero-order valence-corrected chi connectivity index (χ0v) is 20.0. The number of ether oxygens (including phenoxy) is 1. The second kappa shape index (κ2) is 9.46. The van der Waals surface area contributed by atoms with Gasteiger partial charge in [0.15, 0.2) is 5.82 Å². The number of hydrogen-bond donors (Lipinski definition) is 1. The summed E-state index contributed by atoms with van der Waals surface area (Å²) in [6, 6.07) is 4.82. The fourth-order valence-electron chi connectivity index (χ4n) is 3.45. The third-order valence-electron chi connectivity index (χ3n) is 5.26. The van der Waals surface area contributed by atoms with Crippen LogP contribution in [0.2, 0.25) is 0 Å². The minimum atomic E-state index is -4.24. The van der Waals surface area contributed by atoms with Crippen LogP contribution in [-0.2, 0) is 21.8 Å². The van der Waals surface area contributed by atoms with Gasteiger partial charge in [0, 0.05) is 26.6 Å². The van der Waals surface area contributed by atoms with Gasteiger partial charge in [-0.05, 0) is 32.0 Å². The standard InChI is InChI=1S/C21H22F2N8O3S/c1-12-10-25-17(11-24-12)19(34-4)13(2)35(32,33)29-21-27-26-20(16-8-9-30(3)28-16)31(21)18-14(22)6-5-7-15(18)23/h5-11,13,19H,1-4H3,(H,27,29)/t13-,19-/m0/s1. The van der Waals surface area contributed by atoms with E-state index in [1.807, 2.05) is 0 Å². The zero-order chi connectivity index (χ0) is 25.3. The van der Waals surface area contributed by atoms with Gasteiger partial charge in [-0.1, -0.05) is 6.07 Å². The molecular weight excluding hydrogens is 482 g/mol. The monoisotopic (exact) mass is 504 g/mol. The van der Waals surface area contributed by atoms with Gasteiger partial charge in [0.1, 0.15) is 34.4 Å². The molecule has 3 heterocycles. The molecule has 0 aliphatic rings. The Balaban J connectivity index is 1.78. The Morgan fingerprint density at radius 1 is 1.09 bits per heavy atom. The molecule has 0 saturated carbocycles. The van der Waals surface area contributed by atoms with Crippen LogP contribution >= 0.6 is 0 Å². The first kappa shape index (κ1) is 24.3. The molecule has 4 rings (SSSR count). The van der Waals surface area contributed by atoms with E-state index in [9.17, 15) is 17.2 Å². The molecule has 1 aromatic carbocycles. The first-order chi connectivity index (χ1) is 16.6. The maximum atomic E-state index is 14.8. The maximum Gasteiger partial charge on any atom is 0.243 e. The summed E-state index contributed by atoms with van der Waals surface area (Å²) < 4.78 is 66.3. The highest BCUT2D eigenvalue weighted by Gasteiger charge is 2.34.